The van der Waals surface area contributed by atoms with Crippen LogP contribution in [0.4, 0.5) is 0 Å². The number of hydrogen-bond acceptors (Lipinski definition) is 1. The van der Waals surface area contributed by atoms with Gasteiger partial charge in [-0.3, -0.25) is 4.90 Å². The second kappa shape index (κ2) is 17.8. The predicted molar refractivity (Wildman–Crippen MR) is 182 cm³/mol. The Balaban J connectivity index is 0.00000106. The molecular formula is C39H59N. The van der Waals surface area contributed by atoms with Gasteiger partial charge in [0.05, 0.1) is 0 Å². The first-order valence-corrected chi connectivity index (χ1v) is 14.9. The minimum Gasteiger partial charge on any atom is -0.297 e. The Labute approximate surface area is 249 Å². The molecule has 0 saturated carbocycles. The molecule has 0 aliphatic carbocycles. The SMILES string of the molecule is C#CC(=C)CN(C)Cc1ccc(C(CC)(CC)c2ccc(C)c(C)c2)cc1C.C=CC.C=CCC(C)C(C)(C)C. The summed E-state index contributed by atoms with van der Waals surface area (Å²) in [6, 6.07) is 14.0. The molecule has 0 saturated heterocycles. The summed E-state index contributed by atoms with van der Waals surface area (Å²) in [7, 11) is 2.09. The molecule has 0 N–H and O–H groups in total. The largest absolute Gasteiger partial charge is 0.297 e. The zero-order valence-electron chi connectivity index (χ0n) is 27.9. The lowest BCUT2D eigenvalue weighted by Crippen LogP contribution is -2.27. The standard InChI is InChI=1S/C27H35N.C9H18.C3H6/c1-9-20(4)18-28(8)19-24-13-15-26(17-23(24)7)27(10-2,11-3)25-14-12-21(5)22(6)16-25;1-6-7-8(2)9(3,4)5;1-3-2/h1,12-17H,4,10-11,18-19H2,2-3,5-8H3;6,8H,1,7H2,2-5H3;3H,1H2,2H3. The number of benzene rings is 2. The lowest BCUT2D eigenvalue weighted by molar-refractivity contribution is 0.264. The number of terminal acetylenes is 1. The molecule has 0 radical (unpaired) electrons. The molecule has 0 aliphatic heterocycles. The van der Waals surface area contributed by atoms with Crippen LogP contribution in [0.2, 0.25) is 0 Å². The van der Waals surface area contributed by atoms with Gasteiger partial charge in [-0.15, -0.1) is 19.6 Å². The number of allylic oxidation sites excluding steroid dienone is 2. The molecule has 1 heteroatoms. The van der Waals surface area contributed by atoms with E-state index in [9.17, 15) is 0 Å². The van der Waals surface area contributed by atoms with Crippen molar-refractivity contribution >= 4 is 0 Å². The zero-order valence-corrected chi connectivity index (χ0v) is 27.9. The van der Waals surface area contributed by atoms with E-state index in [2.05, 4.69) is 136 Å². The lowest BCUT2D eigenvalue weighted by atomic mass is 9.69. The Morgan fingerprint density at radius 2 is 1.45 bits per heavy atom. The minimum atomic E-state index is 0.0609. The molecule has 2 rings (SSSR count). The maximum absolute atomic E-state index is 5.44. The second-order valence-electron chi connectivity index (χ2n) is 12.3. The van der Waals surface area contributed by atoms with Gasteiger partial charge >= 0.3 is 0 Å². The van der Waals surface area contributed by atoms with Crippen molar-refractivity contribution in [2.24, 2.45) is 11.3 Å². The first-order valence-electron chi connectivity index (χ1n) is 14.9. The maximum atomic E-state index is 5.44. The molecule has 0 fully saturated rings. The number of likely N-dealkylation sites (N-methyl/N-ethyl adjacent to an activating group) is 1. The van der Waals surface area contributed by atoms with Crippen molar-refractivity contribution in [3.63, 3.8) is 0 Å². The van der Waals surface area contributed by atoms with Crippen molar-refractivity contribution in [3.05, 3.63) is 107 Å². The van der Waals surface area contributed by atoms with E-state index in [1.807, 2.05) is 13.0 Å². The van der Waals surface area contributed by atoms with Crippen LogP contribution in [0.25, 0.3) is 0 Å². The molecule has 0 spiro atoms. The minimum absolute atomic E-state index is 0.0609. The molecule has 0 bridgehead atoms. The fraction of sp³-hybridized carbons (Fsp3) is 0.487. The van der Waals surface area contributed by atoms with Gasteiger partial charge in [0.1, 0.15) is 0 Å². The van der Waals surface area contributed by atoms with Crippen molar-refractivity contribution in [2.45, 2.75) is 100 Å². The molecule has 1 atom stereocenters. The van der Waals surface area contributed by atoms with Crippen LogP contribution >= 0.6 is 0 Å². The predicted octanol–water partition coefficient (Wildman–Crippen LogP) is 10.8. The molecule has 0 heterocycles. The Morgan fingerprint density at radius 3 is 1.82 bits per heavy atom. The number of nitrogens with zero attached hydrogens (tertiary/aromatic N) is 1. The van der Waals surface area contributed by atoms with Crippen LogP contribution in [0.15, 0.2) is 73.9 Å². The van der Waals surface area contributed by atoms with Crippen LogP contribution in [0, 0.1) is 44.4 Å². The third-order valence-corrected chi connectivity index (χ3v) is 8.27. The van der Waals surface area contributed by atoms with E-state index < -0.39 is 0 Å². The molecule has 0 aliphatic rings. The zero-order chi connectivity index (χ0) is 31.1. The molecule has 2 aromatic rings. The van der Waals surface area contributed by atoms with E-state index in [0.717, 1.165) is 43.8 Å². The van der Waals surface area contributed by atoms with E-state index in [4.69, 9.17) is 6.42 Å². The fourth-order valence-corrected chi connectivity index (χ4v) is 4.76. The second-order valence-corrected chi connectivity index (χ2v) is 12.3. The molecule has 2 aromatic carbocycles. The van der Waals surface area contributed by atoms with Crippen molar-refractivity contribution in [1.82, 2.24) is 4.90 Å². The monoisotopic (exact) mass is 541 g/mol. The first-order chi connectivity index (χ1) is 18.7. The summed E-state index contributed by atoms with van der Waals surface area (Å²) in [6.45, 7) is 34.8. The van der Waals surface area contributed by atoms with E-state index in [1.54, 1.807) is 6.08 Å². The third-order valence-electron chi connectivity index (χ3n) is 8.27. The normalized spacial score (nSPS) is 11.8. The lowest BCUT2D eigenvalue weighted by Gasteiger charge is -2.34. The average molecular weight is 542 g/mol. The van der Waals surface area contributed by atoms with E-state index >= 15 is 0 Å². The molecule has 1 nitrogen and oxygen atoms in total. The van der Waals surface area contributed by atoms with Gasteiger partial charge in [-0.2, -0.15) is 0 Å². The van der Waals surface area contributed by atoms with Crippen LogP contribution in [0.3, 0.4) is 0 Å². The summed E-state index contributed by atoms with van der Waals surface area (Å²) in [5, 5.41) is 0. The van der Waals surface area contributed by atoms with Crippen molar-refractivity contribution < 1.29 is 0 Å². The number of rotatable bonds is 10. The van der Waals surface area contributed by atoms with Gasteiger partial charge in [-0.05, 0) is 98.7 Å². The molecule has 220 valence electrons. The third kappa shape index (κ3) is 11.3. The smallest absolute Gasteiger partial charge is 0.0307 e. The topological polar surface area (TPSA) is 3.24 Å². The van der Waals surface area contributed by atoms with E-state index in [0.29, 0.717) is 5.41 Å². The quantitative estimate of drug-likeness (QED) is 0.213. The van der Waals surface area contributed by atoms with Gasteiger partial charge in [-0.25, -0.2) is 0 Å². The van der Waals surface area contributed by atoms with Gasteiger partial charge in [0.25, 0.3) is 0 Å². The van der Waals surface area contributed by atoms with Gasteiger partial charge < -0.3 is 0 Å². The molecule has 40 heavy (non-hydrogen) atoms. The van der Waals surface area contributed by atoms with Gasteiger partial charge in [0.2, 0.25) is 0 Å². The highest BCUT2D eigenvalue weighted by molar-refractivity contribution is 5.45. The van der Waals surface area contributed by atoms with Gasteiger partial charge in [-0.1, -0.05) is 103 Å². The van der Waals surface area contributed by atoms with Crippen LogP contribution in [-0.2, 0) is 12.0 Å². The Morgan fingerprint density at radius 1 is 0.950 bits per heavy atom. The van der Waals surface area contributed by atoms with Crippen LogP contribution in [0.5, 0.6) is 0 Å². The first kappa shape index (κ1) is 37.2. The highest BCUT2D eigenvalue weighted by atomic mass is 15.1. The number of aryl methyl sites for hydroxylation is 3. The Bertz CT molecular complexity index is 1110. The summed E-state index contributed by atoms with van der Waals surface area (Å²) in [6.07, 6.45) is 12.5. The Hall–Kier alpha value is -2.82. The highest BCUT2D eigenvalue weighted by Gasteiger charge is 2.31. The summed E-state index contributed by atoms with van der Waals surface area (Å²) in [5.41, 5.74) is 9.57. The van der Waals surface area contributed by atoms with Gasteiger partial charge in [0.15, 0.2) is 0 Å². The Kier molecular flexibility index (Phi) is 16.5. The summed E-state index contributed by atoms with van der Waals surface area (Å²) in [5.74, 6) is 3.38. The van der Waals surface area contributed by atoms with E-state index in [-0.39, 0.29) is 5.41 Å². The van der Waals surface area contributed by atoms with E-state index in [1.165, 1.54) is 33.4 Å². The molecule has 1 unspecified atom stereocenters. The molecule has 0 amide bonds. The van der Waals surface area contributed by atoms with Gasteiger partial charge in [0, 0.05) is 24.1 Å². The van der Waals surface area contributed by atoms with Crippen molar-refractivity contribution in [1.29, 1.82) is 0 Å². The summed E-state index contributed by atoms with van der Waals surface area (Å²) >= 11 is 0. The molecule has 0 aromatic heterocycles. The van der Waals surface area contributed by atoms with Crippen LogP contribution < -0.4 is 0 Å². The van der Waals surface area contributed by atoms with Crippen molar-refractivity contribution in [2.75, 3.05) is 13.6 Å². The fourth-order valence-electron chi connectivity index (χ4n) is 4.76. The number of hydrogen-bond donors (Lipinski definition) is 0. The van der Waals surface area contributed by atoms with Crippen LogP contribution in [0.1, 0.15) is 101 Å². The maximum Gasteiger partial charge on any atom is 0.0307 e. The summed E-state index contributed by atoms with van der Waals surface area (Å²) < 4.78 is 0. The van der Waals surface area contributed by atoms with Crippen molar-refractivity contribution in [3.8, 4) is 12.3 Å². The summed E-state index contributed by atoms with van der Waals surface area (Å²) in [4.78, 5) is 2.22. The molecular weight excluding hydrogens is 482 g/mol. The highest BCUT2D eigenvalue weighted by Crippen LogP contribution is 2.40. The average Bonchev–Trinajstić information content (AvgIpc) is 2.89. The van der Waals surface area contributed by atoms with Crippen LogP contribution in [-0.4, -0.2) is 18.5 Å².